The molecule has 0 amide bonds. The predicted molar refractivity (Wildman–Crippen MR) is 119 cm³/mol. The van der Waals surface area contributed by atoms with Crippen molar-refractivity contribution in [3.8, 4) is 0 Å². The molecular formula is C26H30O9. The van der Waals surface area contributed by atoms with Crippen LogP contribution in [0, 0.1) is 27.6 Å². The number of allylic oxidation sites excluding steroid dienone is 1. The van der Waals surface area contributed by atoms with E-state index in [1.807, 2.05) is 6.92 Å². The summed E-state index contributed by atoms with van der Waals surface area (Å²) in [5.74, 6) is -5.64. The van der Waals surface area contributed by atoms with E-state index >= 15 is 0 Å². The van der Waals surface area contributed by atoms with E-state index in [2.05, 4.69) is 6.58 Å². The van der Waals surface area contributed by atoms with Crippen molar-refractivity contribution in [3.63, 3.8) is 0 Å². The van der Waals surface area contributed by atoms with Crippen LogP contribution >= 0.6 is 0 Å². The van der Waals surface area contributed by atoms with E-state index in [0.717, 1.165) is 7.11 Å². The third-order valence-electron chi connectivity index (χ3n) is 10.0. The standard InChI is InChI=1S/C26H30O9/c1-11-17-26(34-17)22(4)10-9-12(27)21(2,3)14(22)13(28)16(29)24(26,6)15-18(30)35-25(7,20(32)33-8)19(31)23(11,15)5/h15,17,28H,1,9-10H2,2-8H3. The van der Waals surface area contributed by atoms with Crippen LogP contribution in [0.25, 0.3) is 0 Å². The summed E-state index contributed by atoms with van der Waals surface area (Å²) in [6, 6.07) is 0. The summed E-state index contributed by atoms with van der Waals surface area (Å²) in [5.41, 5.74) is -8.56. The molecule has 1 N–H and O–H groups in total. The fourth-order valence-corrected chi connectivity index (χ4v) is 8.20. The smallest absolute Gasteiger partial charge is 0.358 e. The van der Waals surface area contributed by atoms with Gasteiger partial charge in [0.05, 0.1) is 23.9 Å². The van der Waals surface area contributed by atoms with Gasteiger partial charge in [-0.2, -0.15) is 0 Å². The molecule has 188 valence electrons. The maximum atomic E-state index is 14.1. The average Bonchev–Trinajstić information content (AvgIpc) is 3.55. The number of ketones is 3. The predicted octanol–water partition coefficient (Wildman–Crippen LogP) is 2.17. The highest BCUT2D eigenvalue weighted by Crippen LogP contribution is 2.79. The Kier molecular flexibility index (Phi) is 4.18. The van der Waals surface area contributed by atoms with Crippen molar-refractivity contribution < 1.29 is 43.3 Å². The van der Waals surface area contributed by atoms with Crippen LogP contribution in [-0.2, 0) is 38.2 Å². The van der Waals surface area contributed by atoms with E-state index in [1.54, 1.807) is 13.8 Å². The van der Waals surface area contributed by atoms with Crippen LogP contribution in [-0.4, -0.2) is 58.8 Å². The van der Waals surface area contributed by atoms with Gasteiger partial charge in [-0.25, -0.2) is 4.79 Å². The van der Waals surface area contributed by atoms with Crippen molar-refractivity contribution in [3.05, 3.63) is 23.5 Å². The zero-order valence-corrected chi connectivity index (χ0v) is 21.0. The van der Waals surface area contributed by atoms with Crippen LogP contribution in [0.1, 0.15) is 54.4 Å². The number of hydrogen-bond acceptors (Lipinski definition) is 9. The molecule has 9 nitrogen and oxygen atoms in total. The van der Waals surface area contributed by atoms with Gasteiger partial charge in [-0.05, 0) is 52.2 Å². The largest absolute Gasteiger partial charge is 0.504 e. The van der Waals surface area contributed by atoms with Crippen LogP contribution in [0.3, 0.4) is 0 Å². The Hall–Kier alpha value is -2.81. The number of hydrogen-bond donors (Lipinski definition) is 1. The molecule has 2 saturated carbocycles. The van der Waals surface area contributed by atoms with Crippen molar-refractivity contribution >= 4 is 29.3 Å². The second-order valence-electron chi connectivity index (χ2n) is 11.8. The molecule has 2 heterocycles. The summed E-state index contributed by atoms with van der Waals surface area (Å²) in [4.78, 5) is 67.1. The van der Waals surface area contributed by atoms with E-state index in [-0.39, 0.29) is 29.8 Å². The fourth-order valence-electron chi connectivity index (χ4n) is 8.20. The monoisotopic (exact) mass is 486 g/mol. The van der Waals surface area contributed by atoms with Gasteiger partial charge in [0.1, 0.15) is 17.5 Å². The number of fused-ring (bicyclic) bond motifs is 3. The minimum absolute atomic E-state index is 0.109. The average molecular weight is 487 g/mol. The van der Waals surface area contributed by atoms with Gasteiger partial charge in [0.15, 0.2) is 11.5 Å². The molecule has 5 rings (SSSR count). The van der Waals surface area contributed by atoms with Gasteiger partial charge in [0.2, 0.25) is 5.78 Å². The Labute approximate surface area is 202 Å². The van der Waals surface area contributed by atoms with E-state index in [4.69, 9.17) is 14.2 Å². The van der Waals surface area contributed by atoms with Gasteiger partial charge < -0.3 is 19.3 Å². The van der Waals surface area contributed by atoms with Gasteiger partial charge in [-0.3, -0.25) is 19.2 Å². The van der Waals surface area contributed by atoms with Crippen LogP contribution in [0.4, 0.5) is 0 Å². The lowest BCUT2D eigenvalue weighted by atomic mass is 9.37. The second kappa shape index (κ2) is 6.11. The van der Waals surface area contributed by atoms with Crippen LogP contribution in [0.15, 0.2) is 23.5 Å². The number of rotatable bonds is 1. The van der Waals surface area contributed by atoms with Crippen molar-refractivity contribution in [1.29, 1.82) is 0 Å². The molecule has 35 heavy (non-hydrogen) atoms. The van der Waals surface area contributed by atoms with Crippen molar-refractivity contribution in [2.45, 2.75) is 71.7 Å². The molecule has 7 unspecified atom stereocenters. The van der Waals surface area contributed by atoms with E-state index < -0.39 is 74.1 Å². The number of carbonyl (C=O) groups excluding carboxylic acids is 5. The number of Topliss-reactive ketones (excluding diaryl/α,β-unsaturated/α-hetero) is 3. The molecular weight excluding hydrogens is 456 g/mol. The maximum Gasteiger partial charge on any atom is 0.358 e. The molecule has 2 saturated heterocycles. The zero-order valence-electron chi connectivity index (χ0n) is 21.0. The lowest BCUT2D eigenvalue weighted by Crippen LogP contribution is -2.75. The first-order valence-corrected chi connectivity index (χ1v) is 11.7. The lowest BCUT2D eigenvalue weighted by molar-refractivity contribution is -0.212. The number of esters is 2. The van der Waals surface area contributed by atoms with E-state index in [9.17, 15) is 29.1 Å². The Morgan fingerprint density at radius 3 is 2.26 bits per heavy atom. The van der Waals surface area contributed by atoms with Gasteiger partial charge in [0.25, 0.3) is 5.60 Å². The molecule has 3 aliphatic carbocycles. The van der Waals surface area contributed by atoms with E-state index in [1.165, 1.54) is 20.8 Å². The molecule has 0 aromatic carbocycles. The first kappa shape index (κ1) is 23.9. The molecule has 0 aromatic rings. The maximum absolute atomic E-state index is 14.1. The quantitative estimate of drug-likeness (QED) is 0.256. The highest BCUT2D eigenvalue weighted by molar-refractivity contribution is 6.17. The van der Waals surface area contributed by atoms with Crippen molar-refractivity contribution in [2.75, 3.05) is 7.11 Å². The summed E-state index contributed by atoms with van der Waals surface area (Å²) < 4.78 is 16.6. The molecule has 0 aromatic heterocycles. The van der Waals surface area contributed by atoms with Crippen LogP contribution in [0.2, 0.25) is 0 Å². The topological polar surface area (TPSA) is 137 Å². The Morgan fingerprint density at radius 2 is 1.69 bits per heavy atom. The number of ether oxygens (including phenoxy) is 3. The number of methoxy groups -OCH3 is 1. The highest BCUT2D eigenvalue weighted by atomic mass is 16.6. The molecule has 9 heteroatoms. The van der Waals surface area contributed by atoms with Crippen LogP contribution in [0.5, 0.6) is 0 Å². The number of cyclic esters (lactones) is 1. The molecule has 1 spiro atoms. The number of aliphatic hydroxyl groups is 1. The minimum atomic E-state index is -2.23. The molecule has 5 aliphatic rings. The van der Waals surface area contributed by atoms with Crippen molar-refractivity contribution in [2.24, 2.45) is 27.6 Å². The Balaban J connectivity index is 1.80. The van der Waals surface area contributed by atoms with Crippen molar-refractivity contribution in [1.82, 2.24) is 0 Å². The molecule has 2 aliphatic heterocycles. The molecule has 4 fully saturated rings. The second-order valence-corrected chi connectivity index (χ2v) is 11.8. The summed E-state index contributed by atoms with van der Waals surface area (Å²) in [6.07, 6.45) is -0.333. The summed E-state index contributed by atoms with van der Waals surface area (Å²) in [7, 11) is 1.08. The highest BCUT2D eigenvalue weighted by Gasteiger charge is 2.91. The number of carbonyl (C=O) groups is 5. The fraction of sp³-hybridized carbons (Fsp3) is 0.654. The first-order chi connectivity index (χ1) is 16.0. The van der Waals surface area contributed by atoms with Gasteiger partial charge in [-0.15, -0.1) is 0 Å². The van der Waals surface area contributed by atoms with Gasteiger partial charge in [-0.1, -0.05) is 13.5 Å². The number of epoxide rings is 1. The normalized spacial score (nSPS) is 47.8. The summed E-state index contributed by atoms with van der Waals surface area (Å²) in [6.45, 7) is 13.5. The number of aliphatic hydroxyl groups excluding tert-OH is 1. The first-order valence-electron chi connectivity index (χ1n) is 11.7. The molecule has 0 radical (unpaired) electrons. The lowest BCUT2D eigenvalue weighted by Gasteiger charge is -2.62. The van der Waals surface area contributed by atoms with Crippen LogP contribution < -0.4 is 0 Å². The van der Waals surface area contributed by atoms with Gasteiger partial charge >= 0.3 is 11.9 Å². The van der Waals surface area contributed by atoms with Gasteiger partial charge in [0, 0.05) is 17.3 Å². The Morgan fingerprint density at radius 1 is 1.09 bits per heavy atom. The third-order valence-corrected chi connectivity index (χ3v) is 10.0. The zero-order chi connectivity index (χ0) is 26.3. The molecule has 7 atom stereocenters. The SMILES string of the molecule is C=C1C2OC23C2(C)CCC(=O)C(C)(C)C2=C(O)C(=O)C3(C)C2C(=O)OC(C)(C(=O)OC)C(=O)C12C. The molecule has 0 bridgehead atoms. The Bertz CT molecular complexity index is 1230. The summed E-state index contributed by atoms with van der Waals surface area (Å²) in [5, 5.41) is 11.3. The minimum Gasteiger partial charge on any atom is -0.504 e. The van der Waals surface area contributed by atoms with E-state index in [0.29, 0.717) is 0 Å². The third kappa shape index (κ3) is 2.07. The summed E-state index contributed by atoms with van der Waals surface area (Å²) >= 11 is 0.